The smallest absolute Gasteiger partial charge is 0.330 e. The lowest BCUT2D eigenvalue weighted by Gasteiger charge is -2.20. The molecule has 82 valence electrons. The highest BCUT2D eigenvalue weighted by Gasteiger charge is 2.16. The first-order valence-corrected chi connectivity index (χ1v) is 4.60. The van der Waals surface area contributed by atoms with Crippen LogP contribution in [-0.4, -0.2) is 36.0 Å². The van der Waals surface area contributed by atoms with Crippen LogP contribution in [0, 0.1) is 0 Å². The standard InChI is InChI=1S/C10H18O4/c1-5-10(12)14-9(4)8(3)13-6-7(2)11/h5,7-9,11H,1,6H2,2-4H3. The van der Waals surface area contributed by atoms with Gasteiger partial charge in [0.2, 0.25) is 0 Å². The summed E-state index contributed by atoms with van der Waals surface area (Å²) in [5.74, 6) is -0.468. The van der Waals surface area contributed by atoms with Crippen molar-refractivity contribution in [3.05, 3.63) is 12.7 Å². The van der Waals surface area contributed by atoms with Gasteiger partial charge in [-0.1, -0.05) is 6.58 Å². The zero-order valence-electron chi connectivity index (χ0n) is 8.90. The van der Waals surface area contributed by atoms with Gasteiger partial charge < -0.3 is 14.6 Å². The number of carbonyl (C=O) groups is 1. The summed E-state index contributed by atoms with van der Waals surface area (Å²) >= 11 is 0. The predicted molar refractivity (Wildman–Crippen MR) is 52.8 cm³/mol. The van der Waals surface area contributed by atoms with Gasteiger partial charge in [0.15, 0.2) is 0 Å². The Kier molecular flexibility index (Phi) is 6.16. The SMILES string of the molecule is C=CC(=O)OC(C)C(C)OCC(C)O. The molecule has 0 aliphatic heterocycles. The highest BCUT2D eigenvalue weighted by Crippen LogP contribution is 2.04. The van der Waals surface area contributed by atoms with E-state index in [0.717, 1.165) is 6.08 Å². The Labute approximate surface area is 84.5 Å². The Morgan fingerprint density at radius 2 is 2.00 bits per heavy atom. The van der Waals surface area contributed by atoms with Gasteiger partial charge in [0, 0.05) is 6.08 Å². The van der Waals surface area contributed by atoms with E-state index in [1.807, 2.05) is 0 Å². The summed E-state index contributed by atoms with van der Waals surface area (Å²) in [5.41, 5.74) is 0. The van der Waals surface area contributed by atoms with Crippen LogP contribution in [-0.2, 0) is 14.3 Å². The Balaban J connectivity index is 3.80. The second-order valence-corrected chi connectivity index (χ2v) is 3.23. The van der Waals surface area contributed by atoms with Crippen LogP contribution in [0.1, 0.15) is 20.8 Å². The third-order valence-corrected chi connectivity index (χ3v) is 1.73. The predicted octanol–water partition coefficient (Wildman–Crippen LogP) is 0.890. The molecule has 4 nitrogen and oxygen atoms in total. The fraction of sp³-hybridized carbons (Fsp3) is 0.700. The summed E-state index contributed by atoms with van der Waals surface area (Å²) in [4.78, 5) is 10.8. The number of hydrogen-bond donors (Lipinski definition) is 1. The van der Waals surface area contributed by atoms with Gasteiger partial charge in [0.1, 0.15) is 6.10 Å². The number of ether oxygens (including phenoxy) is 2. The Bertz CT molecular complexity index is 189. The summed E-state index contributed by atoms with van der Waals surface area (Å²) in [6, 6.07) is 0. The van der Waals surface area contributed by atoms with E-state index < -0.39 is 12.1 Å². The molecule has 0 fully saturated rings. The zero-order valence-corrected chi connectivity index (χ0v) is 8.90. The van der Waals surface area contributed by atoms with Gasteiger partial charge in [-0.15, -0.1) is 0 Å². The molecule has 0 aliphatic carbocycles. The Morgan fingerprint density at radius 3 is 2.43 bits per heavy atom. The first kappa shape index (κ1) is 13.1. The van der Waals surface area contributed by atoms with E-state index in [0.29, 0.717) is 0 Å². The number of hydrogen-bond acceptors (Lipinski definition) is 4. The molecule has 4 heteroatoms. The second-order valence-electron chi connectivity index (χ2n) is 3.23. The lowest BCUT2D eigenvalue weighted by Crippen LogP contribution is -2.30. The summed E-state index contributed by atoms with van der Waals surface area (Å²) in [6.07, 6.45) is 0.00485. The van der Waals surface area contributed by atoms with Gasteiger partial charge in [-0.2, -0.15) is 0 Å². The molecule has 0 aliphatic rings. The summed E-state index contributed by atoms with van der Waals surface area (Å²) in [7, 11) is 0. The molecule has 0 heterocycles. The van der Waals surface area contributed by atoms with Crippen LogP contribution in [0.25, 0.3) is 0 Å². The molecule has 1 N–H and O–H groups in total. The van der Waals surface area contributed by atoms with E-state index in [4.69, 9.17) is 14.6 Å². The van der Waals surface area contributed by atoms with Crippen LogP contribution in [0.3, 0.4) is 0 Å². The minimum Gasteiger partial charge on any atom is -0.457 e. The van der Waals surface area contributed by atoms with Crippen molar-refractivity contribution in [3.8, 4) is 0 Å². The first-order chi connectivity index (χ1) is 6.47. The number of aliphatic hydroxyl groups is 1. The quantitative estimate of drug-likeness (QED) is 0.513. The summed E-state index contributed by atoms with van der Waals surface area (Å²) in [5, 5.41) is 8.96. The van der Waals surface area contributed by atoms with Gasteiger partial charge in [-0.3, -0.25) is 0 Å². The van der Waals surface area contributed by atoms with E-state index in [9.17, 15) is 4.79 Å². The zero-order chi connectivity index (χ0) is 11.1. The third-order valence-electron chi connectivity index (χ3n) is 1.73. The molecule has 0 aromatic heterocycles. The van der Waals surface area contributed by atoms with Gasteiger partial charge >= 0.3 is 5.97 Å². The molecule has 3 unspecified atom stereocenters. The van der Waals surface area contributed by atoms with Gasteiger partial charge in [-0.05, 0) is 20.8 Å². The molecule has 0 spiro atoms. The fourth-order valence-corrected chi connectivity index (χ4v) is 0.754. The van der Waals surface area contributed by atoms with E-state index in [-0.39, 0.29) is 18.8 Å². The van der Waals surface area contributed by atoms with Crippen LogP contribution in [0.4, 0.5) is 0 Å². The molecule has 0 bridgehead atoms. The molecule has 0 rings (SSSR count). The lowest BCUT2D eigenvalue weighted by molar-refractivity contribution is -0.150. The lowest BCUT2D eigenvalue weighted by atomic mass is 10.2. The summed E-state index contributed by atoms with van der Waals surface area (Å²) in [6.45, 7) is 8.67. The fourth-order valence-electron chi connectivity index (χ4n) is 0.754. The Hall–Kier alpha value is -0.870. The van der Waals surface area contributed by atoms with Crippen molar-refractivity contribution in [3.63, 3.8) is 0 Å². The molecule has 0 amide bonds. The molecule has 14 heavy (non-hydrogen) atoms. The van der Waals surface area contributed by atoms with Crippen molar-refractivity contribution >= 4 is 5.97 Å². The number of rotatable bonds is 6. The molecular formula is C10H18O4. The van der Waals surface area contributed by atoms with Crippen LogP contribution < -0.4 is 0 Å². The Morgan fingerprint density at radius 1 is 1.43 bits per heavy atom. The van der Waals surface area contributed by atoms with E-state index >= 15 is 0 Å². The van der Waals surface area contributed by atoms with Crippen molar-refractivity contribution < 1.29 is 19.4 Å². The normalized spacial score (nSPS) is 16.9. The largest absolute Gasteiger partial charge is 0.457 e. The monoisotopic (exact) mass is 202 g/mol. The molecule has 0 saturated heterocycles. The van der Waals surface area contributed by atoms with Crippen molar-refractivity contribution in [2.45, 2.75) is 39.1 Å². The number of aliphatic hydroxyl groups excluding tert-OH is 1. The molecular weight excluding hydrogens is 184 g/mol. The first-order valence-electron chi connectivity index (χ1n) is 4.60. The van der Waals surface area contributed by atoms with Crippen LogP contribution in [0.5, 0.6) is 0 Å². The van der Waals surface area contributed by atoms with Gasteiger partial charge in [0.05, 0.1) is 18.8 Å². The van der Waals surface area contributed by atoms with E-state index in [1.165, 1.54) is 0 Å². The van der Waals surface area contributed by atoms with E-state index in [1.54, 1.807) is 20.8 Å². The molecule has 0 radical (unpaired) electrons. The minimum absolute atomic E-state index is 0.233. The maximum atomic E-state index is 10.8. The van der Waals surface area contributed by atoms with Crippen molar-refractivity contribution in [2.75, 3.05) is 6.61 Å². The molecule has 0 aromatic rings. The average Bonchev–Trinajstić information content (AvgIpc) is 2.13. The minimum atomic E-state index is -0.514. The third kappa shape index (κ3) is 5.72. The summed E-state index contributed by atoms with van der Waals surface area (Å²) < 4.78 is 10.2. The average molecular weight is 202 g/mol. The maximum absolute atomic E-state index is 10.8. The second kappa shape index (κ2) is 6.56. The topological polar surface area (TPSA) is 55.8 Å². The van der Waals surface area contributed by atoms with Gasteiger partial charge in [-0.25, -0.2) is 4.79 Å². The van der Waals surface area contributed by atoms with Crippen molar-refractivity contribution in [1.29, 1.82) is 0 Å². The van der Waals surface area contributed by atoms with Crippen LogP contribution in [0.15, 0.2) is 12.7 Å². The molecule has 3 atom stereocenters. The van der Waals surface area contributed by atoms with Crippen LogP contribution in [0.2, 0.25) is 0 Å². The molecule has 0 aromatic carbocycles. The van der Waals surface area contributed by atoms with Crippen LogP contribution >= 0.6 is 0 Å². The highest BCUT2D eigenvalue weighted by molar-refractivity contribution is 5.81. The van der Waals surface area contributed by atoms with Gasteiger partial charge in [0.25, 0.3) is 0 Å². The number of carbonyl (C=O) groups excluding carboxylic acids is 1. The molecule has 0 saturated carbocycles. The van der Waals surface area contributed by atoms with Crippen molar-refractivity contribution in [2.24, 2.45) is 0 Å². The van der Waals surface area contributed by atoms with Crippen molar-refractivity contribution in [1.82, 2.24) is 0 Å². The number of esters is 1. The maximum Gasteiger partial charge on any atom is 0.330 e. The van der Waals surface area contributed by atoms with E-state index in [2.05, 4.69) is 6.58 Å². The highest BCUT2D eigenvalue weighted by atomic mass is 16.6.